The Balaban J connectivity index is 2.45. The van der Waals surface area contributed by atoms with Crippen molar-refractivity contribution in [1.29, 1.82) is 0 Å². The molecule has 58 valence electrons. The van der Waals surface area contributed by atoms with E-state index >= 15 is 0 Å². The van der Waals surface area contributed by atoms with Gasteiger partial charge in [0.15, 0.2) is 12.0 Å². The molecule has 2 heterocycles. The lowest BCUT2D eigenvalue weighted by molar-refractivity contribution is -0.214. The molecule has 1 aliphatic heterocycles. The molecule has 0 N–H and O–H groups in total. The van der Waals surface area contributed by atoms with Crippen molar-refractivity contribution in [3.05, 3.63) is 15.8 Å². The minimum atomic E-state index is 0.571. The lowest BCUT2D eigenvalue weighted by Gasteiger charge is -2.11. The van der Waals surface area contributed by atoms with Crippen molar-refractivity contribution in [3.63, 3.8) is 0 Å². The van der Waals surface area contributed by atoms with Crippen LogP contribution in [0.15, 0.2) is 5.38 Å². The lowest BCUT2D eigenvalue weighted by Crippen LogP contribution is -2.09. The Bertz CT molecular complexity index is 279. The van der Waals surface area contributed by atoms with E-state index in [-0.39, 0.29) is 0 Å². The molecule has 0 spiro atoms. The average molecular weight is 170 g/mol. The van der Waals surface area contributed by atoms with Gasteiger partial charge in [0.2, 0.25) is 0 Å². The fourth-order valence-corrected chi connectivity index (χ4v) is 1.82. The Hall–Kier alpha value is -0.870. The molecule has 1 aliphatic rings. The highest BCUT2D eigenvalue weighted by molar-refractivity contribution is 7.12. The van der Waals surface area contributed by atoms with E-state index in [4.69, 9.17) is 9.78 Å². The summed E-state index contributed by atoms with van der Waals surface area (Å²) < 4.78 is 0. The first-order valence-corrected chi connectivity index (χ1v) is 4.15. The van der Waals surface area contributed by atoms with E-state index < -0.39 is 0 Å². The number of hydrogen-bond acceptors (Lipinski definition) is 4. The second-order valence-corrected chi connectivity index (χ2v) is 3.14. The van der Waals surface area contributed by atoms with Crippen molar-refractivity contribution in [3.8, 4) is 5.75 Å². The minimum absolute atomic E-state index is 0.571. The van der Waals surface area contributed by atoms with Gasteiger partial charge in [0, 0.05) is 12.0 Å². The second kappa shape index (κ2) is 2.64. The topological polar surface area (TPSA) is 35.5 Å². The van der Waals surface area contributed by atoms with Gasteiger partial charge in [-0.1, -0.05) is 0 Å². The van der Waals surface area contributed by atoms with E-state index in [0.29, 0.717) is 17.2 Å². The summed E-state index contributed by atoms with van der Waals surface area (Å²) in [6.07, 6.45) is 1.62. The van der Waals surface area contributed by atoms with Crippen LogP contribution in [0, 0.1) is 0 Å². The summed E-state index contributed by atoms with van der Waals surface area (Å²) in [5, 5.41) is 1.93. The highest BCUT2D eigenvalue weighted by Crippen LogP contribution is 2.32. The first-order chi connectivity index (χ1) is 5.42. The van der Waals surface area contributed by atoms with Crippen LogP contribution in [0.1, 0.15) is 15.2 Å². The van der Waals surface area contributed by atoms with Crippen LogP contribution in [-0.4, -0.2) is 12.9 Å². The molecule has 0 radical (unpaired) electrons. The van der Waals surface area contributed by atoms with Gasteiger partial charge in [-0.3, -0.25) is 4.79 Å². The van der Waals surface area contributed by atoms with Gasteiger partial charge in [0.1, 0.15) is 4.88 Å². The Morgan fingerprint density at radius 1 is 1.64 bits per heavy atom. The van der Waals surface area contributed by atoms with Crippen LogP contribution in [0.25, 0.3) is 0 Å². The average Bonchev–Trinajstić information content (AvgIpc) is 2.47. The number of carbonyl (C=O) groups is 1. The van der Waals surface area contributed by atoms with Crippen LogP contribution in [0.5, 0.6) is 5.75 Å². The number of fused-ring (bicyclic) bond motifs is 1. The molecule has 0 amide bonds. The molecule has 11 heavy (non-hydrogen) atoms. The monoisotopic (exact) mass is 170 g/mol. The SMILES string of the molecule is O=Cc1scc2c1OOCC2. The summed E-state index contributed by atoms with van der Waals surface area (Å²) in [6, 6.07) is 0. The maximum atomic E-state index is 10.4. The van der Waals surface area contributed by atoms with Crippen LogP contribution in [0.4, 0.5) is 0 Å². The largest absolute Gasteiger partial charge is 0.336 e. The Labute approximate surface area is 67.5 Å². The number of thiophene rings is 1. The standard InChI is InChI=1S/C7H6O3S/c8-3-6-7-5(4-11-6)1-2-9-10-7/h3-4H,1-2H2. The van der Waals surface area contributed by atoms with Gasteiger partial charge in [-0.05, 0) is 5.38 Å². The fraction of sp³-hybridized carbons (Fsp3) is 0.286. The number of rotatable bonds is 1. The van der Waals surface area contributed by atoms with E-state index in [9.17, 15) is 4.79 Å². The maximum absolute atomic E-state index is 10.4. The zero-order valence-corrected chi connectivity index (χ0v) is 6.52. The normalized spacial score (nSPS) is 15.3. The van der Waals surface area contributed by atoms with Crippen LogP contribution < -0.4 is 4.89 Å². The zero-order chi connectivity index (χ0) is 7.68. The molecule has 0 aliphatic carbocycles. The molecule has 3 nitrogen and oxygen atoms in total. The molecular weight excluding hydrogens is 164 g/mol. The van der Waals surface area contributed by atoms with Crippen LogP contribution in [-0.2, 0) is 11.3 Å². The van der Waals surface area contributed by atoms with Crippen LogP contribution >= 0.6 is 11.3 Å². The van der Waals surface area contributed by atoms with E-state index in [2.05, 4.69) is 0 Å². The first kappa shape index (κ1) is 6.82. The van der Waals surface area contributed by atoms with Crippen molar-refractivity contribution in [2.45, 2.75) is 6.42 Å². The van der Waals surface area contributed by atoms with E-state index in [0.717, 1.165) is 18.3 Å². The van der Waals surface area contributed by atoms with Gasteiger partial charge in [-0.2, -0.15) is 4.89 Å². The third-order valence-corrected chi connectivity index (χ3v) is 2.49. The van der Waals surface area contributed by atoms with Gasteiger partial charge >= 0.3 is 0 Å². The molecule has 0 saturated carbocycles. The zero-order valence-electron chi connectivity index (χ0n) is 5.70. The predicted molar refractivity (Wildman–Crippen MR) is 40.0 cm³/mol. The van der Waals surface area contributed by atoms with Gasteiger partial charge in [0.25, 0.3) is 0 Å². The summed E-state index contributed by atoms with van der Waals surface area (Å²) in [6.45, 7) is 0.571. The van der Waals surface area contributed by atoms with Crippen LogP contribution in [0.2, 0.25) is 0 Å². The summed E-state index contributed by atoms with van der Waals surface area (Å²) in [4.78, 5) is 20.6. The van der Waals surface area contributed by atoms with E-state index in [1.54, 1.807) is 0 Å². The van der Waals surface area contributed by atoms with Gasteiger partial charge in [-0.25, -0.2) is 0 Å². The molecular formula is C7H6O3S. The molecule has 0 saturated heterocycles. The van der Waals surface area contributed by atoms with Crippen molar-refractivity contribution in [2.75, 3.05) is 6.61 Å². The lowest BCUT2D eigenvalue weighted by atomic mass is 10.2. The summed E-state index contributed by atoms with van der Waals surface area (Å²) >= 11 is 1.39. The molecule has 1 aromatic heterocycles. The molecule has 0 atom stereocenters. The maximum Gasteiger partial charge on any atom is 0.189 e. The summed E-state index contributed by atoms with van der Waals surface area (Å²) in [5.41, 5.74) is 1.07. The van der Waals surface area contributed by atoms with Crippen molar-refractivity contribution in [1.82, 2.24) is 0 Å². The summed E-state index contributed by atoms with van der Waals surface area (Å²) in [7, 11) is 0. The highest BCUT2D eigenvalue weighted by atomic mass is 32.1. The molecule has 1 aromatic rings. The van der Waals surface area contributed by atoms with Gasteiger partial charge in [0.05, 0.1) is 6.61 Å². The van der Waals surface area contributed by atoms with Crippen LogP contribution in [0.3, 0.4) is 0 Å². The van der Waals surface area contributed by atoms with Crippen molar-refractivity contribution >= 4 is 17.6 Å². The third-order valence-electron chi connectivity index (χ3n) is 1.55. The Morgan fingerprint density at radius 3 is 3.36 bits per heavy atom. The third kappa shape index (κ3) is 1.04. The summed E-state index contributed by atoms with van der Waals surface area (Å²) in [5.74, 6) is 0.608. The smallest absolute Gasteiger partial charge is 0.189 e. The molecule has 2 rings (SSSR count). The molecule has 0 unspecified atom stereocenters. The minimum Gasteiger partial charge on any atom is -0.336 e. The molecule has 4 heteroatoms. The Morgan fingerprint density at radius 2 is 2.55 bits per heavy atom. The number of carbonyl (C=O) groups excluding carboxylic acids is 1. The Kier molecular flexibility index (Phi) is 1.63. The van der Waals surface area contributed by atoms with E-state index in [1.165, 1.54) is 11.3 Å². The molecule has 0 fully saturated rings. The number of hydrogen-bond donors (Lipinski definition) is 0. The quantitative estimate of drug-likeness (QED) is 0.472. The van der Waals surface area contributed by atoms with E-state index in [1.807, 2.05) is 5.38 Å². The molecule has 0 aromatic carbocycles. The number of aldehydes is 1. The first-order valence-electron chi connectivity index (χ1n) is 3.27. The van der Waals surface area contributed by atoms with Gasteiger partial charge in [-0.15, -0.1) is 11.3 Å². The second-order valence-electron chi connectivity index (χ2n) is 2.23. The predicted octanol–water partition coefficient (Wildman–Crippen LogP) is 1.43. The van der Waals surface area contributed by atoms with Gasteiger partial charge < -0.3 is 4.89 Å². The molecule has 0 bridgehead atoms. The highest BCUT2D eigenvalue weighted by Gasteiger charge is 2.17. The van der Waals surface area contributed by atoms with Crippen molar-refractivity contribution < 1.29 is 14.6 Å². The van der Waals surface area contributed by atoms with Crippen molar-refractivity contribution in [2.24, 2.45) is 0 Å². The fourth-order valence-electron chi connectivity index (χ4n) is 1.00.